The molecule has 3 fully saturated rings. The van der Waals surface area contributed by atoms with E-state index in [2.05, 4.69) is 4.90 Å². The molecule has 3 aliphatic rings. The van der Waals surface area contributed by atoms with Gasteiger partial charge >= 0.3 is 0 Å². The Hall–Kier alpha value is -1.83. The van der Waals surface area contributed by atoms with Gasteiger partial charge in [0, 0.05) is 64.3 Å². The van der Waals surface area contributed by atoms with Crippen molar-refractivity contribution in [3.05, 3.63) is 33.8 Å². The van der Waals surface area contributed by atoms with E-state index in [1.54, 1.807) is 30.0 Å². The maximum atomic E-state index is 13.6. The van der Waals surface area contributed by atoms with E-state index >= 15 is 0 Å². The third kappa shape index (κ3) is 5.47. The minimum Gasteiger partial charge on any atom is -0.339 e. The molecule has 2 saturated heterocycles. The van der Waals surface area contributed by atoms with Crippen LogP contribution in [0.25, 0.3) is 0 Å². The summed E-state index contributed by atoms with van der Waals surface area (Å²) < 4.78 is 0. The Morgan fingerprint density at radius 3 is 2.00 bits per heavy atom. The molecule has 33 heavy (non-hydrogen) atoms. The molecule has 0 unspecified atom stereocenters. The van der Waals surface area contributed by atoms with Crippen LogP contribution in [0.4, 0.5) is 0 Å². The van der Waals surface area contributed by atoms with Gasteiger partial charge in [-0.15, -0.1) is 0 Å². The van der Waals surface area contributed by atoms with Gasteiger partial charge in [-0.05, 0) is 37.0 Å². The second kappa shape index (κ2) is 10.6. The SMILES string of the molecule is CC(=O)N1CCN(C(=O)[C@H](C2CCCC2)N2CCN(C(=O)c3ccc(Cl)cc3Cl)CC2)CC1. The Morgan fingerprint density at radius 1 is 0.848 bits per heavy atom. The molecule has 1 aliphatic carbocycles. The average molecular weight is 495 g/mol. The van der Waals surface area contributed by atoms with Gasteiger partial charge in [0.1, 0.15) is 0 Å². The van der Waals surface area contributed by atoms with Crippen molar-refractivity contribution in [1.82, 2.24) is 19.6 Å². The van der Waals surface area contributed by atoms with Gasteiger partial charge in [0.2, 0.25) is 11.8 Å². The predicted octanol–water partition coefficient (Wildman–Crippen LogP) is 3.00. The van der Waals surface area contributed by atoms with Crippen LogP contribution in [0.15, 0.2) is 18.2 Å². The first kappa shape index (κ1) is 24.3. The minimum atomic E-state index is -0.146. The van der Waals surface area contributed by atoms with Crippen molar-refractivity contribution >= 4 is 40.9 Å². The number of hydrogen-bond acceptors (Lipinski definition) is 4. The van der Waals surface area contributed by atoms with Gasteiger partial charge in [0.15, 0.2) is 0 Å². The van der Waals surface area contributed by atoms with E-state index in [0.29, 0.717) is 73.9 Å². The average Bonchev–Trinajstić information content (AvgIpc) is 3.33. The Morgan fingerprint density at radius 2 is 1.42 bits per heavy atom. The lowest BCUT2D eigenvalue weighted by Gasteiger charge is -2.44. The van der Waals surface area contributed by atoms with Crippen LogP contribution in [0.3, 0.4) is 0 Å². The highest BCUT2D eigenvalue weighted by Gasteiger charge is 2.40. The zero-order chi connectivity index (χ0) is 23.5. The fourth-order valence-electron chi connectivity index (χ4n) is 5.39. The predicted molar refractivity (Wildman–Crippen MR) is 129 cm³/mol. The Kier molecular flexibility index (Phi) is 7.82. The fraction of sp³-hybridized carbons (Fsp3) is 0.625. The Balaban J connectivity index is 1.41. The second-order valence-electron chi connectivity index (χ2n) is 9.27. The van der Waals surface area contributed by atoms with Gasteiger partial charge < -0.3 is 14.7 Å². The second-order valence-corrected chi connectivity index (χ2v) is 10.1. The normalized spacial score (nSPS) is 21.4. The summed E-state index contributed by atoms with van der Waals surface area (Å²) in [7, 11) is 0. The molecule has 7 nitrogen and oxygen atoms in total. The largest absolute Gasteiger partial charge is 0.339 e. The van der Waals surface area contributed by atoms with E-state index in [1.807, 2.05) is 9.80 Å². The first-order valence-electron chi connectivity index (χ1n) is 11.9. The molecule has 0 aromatic heterocycles. The summed E-state index contributed by atoms with van der Waals surface area (Å²) in [4.78, 5) is 46.1. The standard InChI is InChI=1S/C24H32Cl2N4O3/c1-17(31)27-8-12-30(13-9-27)24(33)22(18-4-2-3-5-18)28-10-14-29(15-11-28)23(32)20-7-6-19(25)16-21(20)26/h6-7,16,18,22H,2-5,8-15H2,1H3/t22-/m0/s1. The smallest absolute Gasteiger partial charge is 0.255 e. The Bertz CT molecular complexity index is 890. The molecule has 3 amide bonds. The van der Waals surface area contributed by atoms with Crippen molar-refractivity contribution in [3.8, 4) is 0 Å². The van der Waals surface area contributed by atoms with E-state index in [0.717, 1.165) is 12.8 Å². The molecule has 1 aromatic carbocycles. The van der Waals surface area contributed by atoms with Gasteiger partial charge in [-0.1, -0.05) is 36.0 Å². The number of halogens is 2. The first-order chi connectivity index (χ1) is 15.8. The first-order valence-corrected chi connectivity index (χ1v) is 12.6. The number of nitrogens with zero attached hydrogens (tertiary/aromatic N) is 4. The van der Waals surface area contributed by atoms with Crippen LogP contribution in [-0.4, -0.2) is 95.7 Å². The topological polar surface area (TPSA) is 64.2 Å². The van der Waals surface area contributed by atoms with Crippen LogP contribution in [0.1, 0.15) is 43.0 Å². The van der Waals surface area contributed by atoms with Gasteiger partial charge in [-0.2, -0.15) is 0 Å². The van der Waals surface area contributed by atoms with E-state index in [4.69, 9.17) is 23.2 Å². The molecule has 2 aliphatic heterocycles. The van der Waals surface area contributed by atoms with Crippen molar-refractivity contribution < 1.29 is 14.4 Å². The zero-order valence-electron chi connectivity index (χ0n) is 19.1. The molecule has 1 aromatic rings. The summed E-state index contributed by atoms with van der Waals surface area (Å²) in [5.41, 5.74) is 0.460. The summed E-state index contributed by atoms with van der Waals surface area (Å²) >= 11 is 12.2. The lowest BCUT2D eigenvalue weighted by Crippen LogP contribution is -2.60. The quantitative estimate of drug-likeness (QED) is 0.645. The van der Waals surface area contributed by atoms with Gasteiger partial charge in [0.25, 0.3) is 5.91 Å². The number of rotatable bonds is 4. The van der Waals surface area contributed by atoms with E-state index < -0.39 is 0 Å². The van der Waals surface area contributed by atoms with Crippen LogP contribution < -0.4 is 0 Å². The minimum absolute atomic E-state index is 0.0658. The highest BCUT2D eigenvalue weighted by atomic mass is 35.5. The van der Waals surface area contributed by atoms with Crippen LogP contribution in [-0.2, 0) is 9.59 Å². The van der Waals surface area contributed by atoms with Gasteiger partial charge in [0.05, 0.1) is 16.6 Å². The maximum Gasteiger partial charge on any atom is 0.255 e. The monoisotopic (exact) mass is 494 g/mol. The van der Waals surface area contributed by atoms with Crippen molar-refractivity contribution in [2.75, 3.05) is 52.4 Å². The molecule has 1 saturated carbocycles. The third-order valence-electron chi connectivity index (χ3n) is 7.29. The number of carbonyl (C=O) groups is 3. The van der Waals surface area contributed by atoms with Crippen LogP contribution in [0, 0.1) is 5.92 Å². The van der Waals surface area contributed by atoms with Crippen LogP contribution in [0.5, 0.6) is 0 Å². The summed E-state index contributed by atoms with van der Waals surface area (Å²) in [5.74, 6) is 0.512. The van der Waals surface area contributed by atoms with E-state index in [9.17, 15) is 14.4 Å². The lowest BCUT2D eigenvalue weighted by atomic mass is 9.94. The van der Waals surface area contributed by atoms with E-state index in [1.165, 1.54) is 12.8 Å². The number of piperazine rings is 2. The van der Waals surface area contributed by atoms with Crippen LogP contribution in [0.2, 0.25) is 10.0 Å². The molecule has 0 bridgehead atoms. The molecule has 0 spiro atoms. The molecule has 180 valence electrons. The summed E-state index contributed by atoms with van der Waals surface area (Å²) in [6.07, 6.45) is 4.48. The number of benzene rings is 1. The zero-order valence-corrected chi connectivity index (χ0v) is 20.7. The van der Waals surface area contributed by atoms with E-state index in [-0.39, 0.29) is 23.8 Å². The van der Waals surface area contributed by atoms with Crippen molar-refractivity contribution in [2.24, 2.45) is 5.92 Å². The summed E-state index contributed by atoms with van der Waals surface area (Å²) in [6, 6.07) is 4.79. The molecule has 0 radical (unpaired) electrons. The molecule has 2 heterocycles. The fourth-order valence-corrected chi connectivity index (χ4v) is 5.88. The maximum absolute atomic E-state index is 13.6. The van der Waals surface area contributed by atoms with Crippen molar-refractivity contribution in [1.29, 1.82) is 0 Å². The van der Waals surface area contributed by atoms with Gasteiger partial charge in [-0.3, -0.25) is 19.3 Å². The van der Waals surface area contributed by atoms with Crippen LogP contribution >= 0.6 is 23.2 Å². The summed E-state index contributed by atoms with van der Waals surface area (Å²) in [5, 5.41) is 0.863. The molecule has 4 rings (SSSR count). The molecular weight excluding hydrogens is 463 g/mol. The Labute approximate surface area is 205 Å². The lowest BCUT2D eigenvalue weighted by molar-refractivity contribution is -0.144. The third-order valence-corrected chi connectivity index (χ3v) is 7.84. The number of hydrogen-bond donors (Lipinski definition) is 0. The van der Waals surface area contributed by atoms with Gasteiger partial charge in [-0.25, -0.2) is 0 Å². The number of carbonyl (C=O) groups excluding carboxylic acids is 3. The molecule has 0 N–H and O–H groups in total. The summed E-state index contributed by atoms with van der Waals surface area (Å²) in [6.45, 7) is 6.42. The molecule has 1 atom stereocenters. The molecular formula is C24H32Cl2N4O3. The molecule has 9 heteroatoms. The number of amides is 3. The van der Waals surface area contributed by atoms with Crippen molar-refractivity contribution in [3.63, 3.8) is 0 Å². The highest BCUT2D eigenvalue weighted by molar-refractivity contribution is 6.36. The highest BCUT2D eigenvalue weighted by Crippen LogP contribution is 2.32. The van der Waals surface area contributed by atoms with Crippen molar-refractivity contribution in [2.45, 2.75) is 38.6 Å².